The molecular weight excluding hydrogens is 246 g/mol. The van der Waals surface area contributed by atoms with Crippen molar-refractivity contribution in [3.05, 3.63) is 34.3 Å². The van der Waals surface area contributed by atoms with E-state index in [1.807, 2.05) is 12.1 Å². The van der Waals surface area contributed by atoms with Crippen LogP contribution >= 0.6 is 15.9 Å². The van der Waals surface area contributed by atoms with Crippen molar-refractivity contribution >= 4 is 21.9 Å². The standard InChI is InChI=1S/C10H8BrNO2/c1-14-10(13)9(6-12)7-3-2-4-8(11)5-7/h2-5,9H,1H3. The van der Waals surface area contributed by atoms with Crippen LogP contribution in [0.25, 0.3) is 0 Å². The Morgan fingerprint density at radius 1 is 1.64 bits per heavy atom. The number of benzene rings is 1. The van der Waals surface area contributed by atoms with Gasteiger partial charge < -0.3 is 4.74 Å². The maximum absolute atomic E-state index is 11.2. The summed E-state index contributed by atoms with van der Waals surface area (Å²) in [7, 11) is 1.27. The van der Waals surface area contributed by atoms with Gasteiger partial charge in [0.05, 0.1) is 13.2 Å². The largest absolute Gasteiger partial charge is 0.468 e. The van der Waals surface area contributed by atoms with Crippen molar-refractivity contribution < 1.29 is 9.53 Å². The first kappa shape index (κ1) is 10.7. The summed E-state index contributed by atoms with van der Waals surface area (Å²) in [4.78, 5) is 11.2. The number of hydrogen-bond acceptors (Lipinski definition) is 3. The molecule has 4 heteroatoms. The quantitative estimate of drug-likeness (QED) is 0.760. The summed E-state index contributed by atoms with van der Waals surface area (Å²) in [5, 5.41) is 8.81. The maximum Gasteiger partial charge on any atom is 0.327 e. The van der Waals surface area contributed by atoms with E-state index in [9.17, 15) is 4.79 Å². The lowest BCUT2D eigenvalue weighted by atomic mass is 10.0. The number of nitrogens with zero attached hydrogens (tertiary/aromatic N) is 1. The van der Waals surface area contributed by atoms with Crippen molar-refractivity contribution in [3.63, 3.8) is 0 Å². The van der Waals surface area contributed by atoms with E-state index in [2.05, 4.69) is 20.7 Å². The molecule has 0 bridgehead atoms. The van der Waals surface area contributed by atoms with Gasteiger partial charge in [-0.25, -0.2) is 0 Å². The second kappa shape index (κ2) is 4.77. The molecule has 0 heterocycles. The number of halogens is 1. The van der Waals surface area contributed by atoms with Crippen LogP contribution in [0.3, 0.4) is 0 Å². The zero-order chi connectivity index (χ0) is 10.6. The van der Waals surface area contributed by atoms with Crippen LogP contribution < -0.4 is 0 Å². The highest BCUT2D eigenvalue weighted by atomic mass is 79.9. The first-order chi connectivity index (χ1) is 6.69. The van der Waals surface area contributed by atoms with Crippen LogP contribution in [-0.2, 0) is 9.53 Å². The topological polar surface area (TPSA) is 50.1 Å². The summed E-state index contributed by atoms with van der Waals surface area (Å²) in [6, 6.07) is 8.94. The Hall–Kier alpha value is -1.34. The minimum atomic E-state index is -0.850. The van der Waals surface area contributed by atoms with Crippen molar-refractivity contribution in [1.82, 2.24) is 0 Å². The Kier molecular flexibility index (Phi) is 3.66. The van der Waals surface area contributed by atoms with Crippen LogP contribution in [0, 0.1) is 11.3 Å². The van der Waals surface area contributed by atoms with Gasteiger partial charge >= 0.3 is 5.97 Å². The third kappa shape index (κ3) is 2.33. The number of carbonyl (C=O) groups is 1. The Morgan fingerprint density at radius 3 is 2.86 bits per heavy atom. The highest BCUT2D eigenvalue weighted by molar-refractivity contribution is 9.10. The molecule has 1 rings (SSSR count). The zero-order valence-corrected chi connectivity index (χ0v) is 9.11. The van der Waals surface area contributed by atoms with Gasteiger partial charge in [0, 0.05) is 4.47 Å². The number of ether oxygens (including phenoxy) is 1. The van der Waals surface area contributed by atoms with Gasteiger partial charge in [0.1, 0.15) is 0 Å². The number of methoxy groups -OCH3 is 1. The smallest absolute Gasteiger partial charge is 0.327 e. The Balaban J connectivity index is 3.02. The van der Waals surface area contributed by atoms with Gasteiger partial charge in [-0.05, 0) is 17.7 Å². The molecule has 72 valence electrons. The monoisotopic (exact) mass is 253 g/mol. The summed E-state index contributed by atoms with van der Waals surface area (Å²) in [6.07, 6.45) is 0. The lowest BCUT2D eigenvalue weighted by Crippen LogP contribution is -2.12. The minimum absolute atomic E-state index is 0.536. The molecule has 1 unspecified atom stereocenters. The normalized spacial score (nSPS) is 11.5. The number of esters is 1. The fraction of sp³-hybridized carbons (Fsp3) is 0.200. The molecule has 0 saturated carbocycles. The summed E-state index contributed by atoms with van der Waals surface area (Å²) < 4.78 is 5.35. The third-order valence-electron chi connectivity index (χ3n) is 1.75. The van der Waals surface area contributed by atoms with E-state index in [4.69, 9.17) is 5.26 Å². The van der Waals surface area contributed by atoms with Crippen LogP contribution in [0.15, 0.2) is 28.7 Å². The SMILES string of the molecule is COC(=O)C(C#N)c1cccc(Br)c1. The first-order valence-electron chi connectivity index (χ1n) is 3.92. The van der Waals surface area contributed by atoms with Crippen LogP contribution in [0.1, 0.15) is 11.5 Å². The molecule has 14 heavy (non-hydrogen) atoms. The highest BCUT2D eigenvalue weighted by Crippen LogP contribution is 2.20. The fourth-order valence-corrected chi connectivity index (χ4v) is 1.48. The highest BCUT2D eigenvalue weighted by Gasteiger charge is 2.20. The van der Waals surface area contributed by atoms with Gasteiger partial charge in [0.15, 0.2) is 5.92 Å². The summed E-state index contributed by atoms with van der Waals surface area (Å²) in [6.45, 7) is 0. The fourth-order valence-electron chi connectivity index (χ4n) is 1.07. The molecule has 1 aromatic rings. The molecule has 0 aromatic heterocycles. The Bertz CT molecular complexity index is 384. The number of hydrogen-bond donors (Lipinski definition) is 0. The molecule has 0 saturated heterocycles. The average molecular weight is 254 g/mol. The predicted octanol–water partition coefficient (Wildman–Crippen LogP) is 2.23. The second-order valence-electron chi connectivity index (χ2n) is 2.64. The lowest BCUT2D eigenvalue weighted by Gasteiger charge is -2.06. The van der Waals surface area contributed by atoms with Gasteiger partial charge in [0.25, 0.3) is 0 Å². The van der Waals surface area contributed by atoms with E-state index in [1.165, 1.54) is 7.11 Å². The van der Waals surface area contributed by atoms with Crippen molar-refractivity contribution in [2.45, 2.75) is 5.92 Å². The Morgan fingerprint density at radius 2 is 2.36 bits per heavy atom. The second-order valence-corrected chi connectivity index (χ2v) is 3.56. The van der Waals surface area contributed by atoms with Crippen LogP contribution in [-0.4, -0.2) is 13.1 Å². The van der Waals surface area contributed by atoms with E-state index >= 15 is 0 Å². The predicted molar refractivity (Wildman–Crippen MR) is 54.5 cm³/mol. The van der Waals surface area contributed by atoms with Gasteiger partial charge in [-0.1, -0.05) is 28.1 Å². The van der Waals surface area contributed by atoms with E-state index in [1.54, 1.807) is 18.2 Å². The maximum atomic E-state index is 11.2. The average Bonchev–Trinajstić information content (AvgIpc) is 2.19. The number of nitriles is 1. The zero-order valence-electron chi connectivity index (χ0n) is 7.53. The molecule has 0 aliphatic carbocycles. The van der Waals surface area contributed by atoms with Gasteiger partial charge in [-0.2, -0.15) is 5.26 Å². The van der Waals surface area contributed by atoms with Crippen molar-refractivity contribution in [1.29, 1.82) is 5.26 Å². The Labute approximate surface area is 90.4 Å². The minimum Gasteiger partial charge on any atom is -0.468 e. The van der Waals surface area contributed by atoms with Gasteiger partial charge in [-0.3, -0.25) is 4.79 Å². The van der Waals surface area contributed by atoms with Gasteiger partial charge in [0.2, 0.25) is 0 Å². The van der Waals surface area contributed by atoms with E-state index < -0.39 is 11.9 Å². The molecule has 0 spiro atoms. The van der Waals surface area contributed by atoms with E-state index in [0.29, 0.717) is 5.56 Å². The van der Waals surface area contributed by atoms with Crippen LogP contribution in [0.4, 0.5) is 0 Å². The van der Waals surface area contributed by atoms with Gasteiger partial charge in [-0.15, -0.1) is 0 Å². The molecule has 0 amide bonds. The molecule has 0 aliphatic heterocycles. The van der Waals surface area contributed by atoms with Crippen LogP contribution in [0.5, 0.6) is 0 Å². The molecule has 1 aromatic carbocycles. The summed E-state index contributed by atoms with van der Waals surface area (Å²) in [5.74, 6) is -1.39. The molecule has 0 fully saturated rings. The van der Waals surface area contributed by atoms with Crippen molar-refractivity contribution in [2.75, 3.05) is 7.11 Å². The van der Waals surface area contributed by atoms with Crippen molar-refractivity contribution in [2.24, 2.45) is 0 Å². The van der Waals surface area contributed by atoms with E-state index in [-0.39, 0.29) is 0 Å². The molecular formula is C10H8BrNO2. The molecule has 0 radical (unpaired) electrons. The molecule has 0 N–H and O–H groups in total. The molecule has 0 aliphatic rings. The third-order valence-corrected chi connectivity index (χ3v) is 2.24. The summed E-state index contributed by atoms with van der Waals surface area (Å²) >= 11 is 3.27. The number of rotatable bonds is 2. The number of carbonyl (C=O) groups excluding carboxylic acids is 1. The van der Waals surface area contributed by atoms with Crippen molar-refractivity contribution in [3.8, 4) is 6.07 Å². The molecule has 1 atom stereocenters. The van der Waals surface area contributed by atoms with Crippen LogP contribution in [0.2, 0.25) is 0 Å². The van der Waals surface area contributed by atoms with E-state index in [0.717, 1.165) is 4.47 Å². The summed E-state index contributed by atoms with van der Waals surface area (Å²) in [5.41, 5.74) is 0.633. The first-order valence-corrected chi connectivity index (χ1v) is 4.71. The molecule has 3 nitrogen and oxygen atoms in total. The lowest BCUT2D eigenvalue weighted by molar-refractivity contribution is -0.140.